The van der Waals surface area contributed by atoms with Gasteiger partial charge in [-0.15, -0.1) is 0 Å². The third-order valence-corrected chi connectivity index (χ3v) is 4.81. The second kappa shape index (κ2) is 7.56. The van der Waals surface area contributed by atoms with Crippen molar-refractivity contribution in [1.82, 2.24) is 0 Å². The molecule has 1 atom stereocenters. The Morgan fingerprint density at radius 2 is 1.76 bits per heavy atom. The first-order chi connectivity index (χ1) is 10.1. The summed E-state index contributed by atoms with van der Waals surface area (Å²) in [5.74, 6) is 1.34. The molecule has 1 aromatic carbocycles. The summed E-state index contributed by atoms with van der Waals surface area (Å²) in [5.41, 5.74) is 1.86. The fourth-order valence-electron chi connectivity index (χ4n) is 1.93. The highest BCUT2D eigenvalue weighted by molar-refractivity contribution is 9.10. The molecule has 0 aliphatic carbocycles. The maximum Gasteiger partial charge on any atom is 0.173 e. The Bertz CT molecular complexity index is 613. The molecule has 0 bridgehead atoms. The van der Waals surface area contributed by atoms with Crippen LogP contribution in [0.2, 0.25) is 5.02 Å². The number of hydrogen-bond donors (Lipinski definition) is 0. The van der Waals surface area contributed by atoms with Crippen molar-refractivity contribution in [1.29, 1.82) is 0 Å². The summed E-state index contributed by atoms with van der Waals surface area (Å²) in [6, 6.07) is 5.57. The van der Waals surface area contributed by atoms with E-state index >= 15 is 0 Å². The summed E-state index contributed by atoms with van der Waals surface area (Å²) in [5, 5.41) is 0.608. The highest BCUT2D eigenvalue weighted by Gasteiger charge is 2.21. The van der Waals surface area contributed by atoms with Gasteiger partial charge in [-0.05, 0) is 47.5 Å². The summed E-state index contributed by atoms with van der Waals surface area (Å²) in [4.78, 5) is -0.104. The Kier molecular flexibility index (Phi) is 6.02. The summed E-state index contributed by atoms with van der Waals surface area (Å²) in [7, 11) is 0. The number of benzene rings is 1. The van der Waals surface area contributed by atoms with Gasteiger partial charge in [-0.25, -0.2) is 0 Å². The first kappa shape index (κ1) is 16.7. The molecule has 0 saturated heterocycles. The molecule has 0 radical (unpaired) electrons. The van der Waals surface area contributed by atoms with E-state index in [1.165, 1.54) is 0 Å². The molecule has 1 heterocycles. The zero-order valence-electron chi connectivity index (χ0n) is 11.7. The van der Waals surface area contributed by atoms with Gasteiger partial charge in [0.15, 0.2) is 16.2 Å². The van der Waals surface area contributed by atoms with E-state index in [1.54, 1.807) is 12.3 Å². The molecule has 21 heavy (non-hydrogen) atoms. The molecule has 6 heteroatoms. The molecule has 0 amide bonds. The number of hydrogen-bond acceptors (Lipinski definition) is 3. The van der Waals surface area contributed by atoms with E-state index in [0.717, 1.165) is 11.1 Å². The smallest absolute Gasteiger partial charge is 0.173 e. The van der Waals surface area contributed by atoms with Gasteiger partial charge in [0.1, 0.15) is 0 Å². The van der Waals surface area contributed by atoms with E-state index in [2.05, 4.69) is 31.9 Å². The van der Waals surface area contributed by atoms with Crippen LogP contribution < -0.4 is 9.47 Å². The molecule has 0 aliphatic rings. The molecule has 2 aromatic rings. The zero-order chi connectivity index (χ0) is 15.4. The minimum atomic E-state index is -0.104. The van der Waals surface area contributed by atoms with Gasteiger partial charge in [-0.3, -0.25) is 0 Å². The van der Waals surface area contributed by atoms with Gasteiger partial charge in [0, 0.05) is 16.7 Å². The van der Waals surface area contributed by atoms with Crippen LogP contribution >= 0.6 is 43.5 Å². The largest absolute Gasteiger partial charge is 0.490 e. The van der Waals surface area contributed by atoms with Crippen molar-refractivity contribution in [2.75, 3.05) is 13.2 Å². The standard InChI is InChI=1S/C15H15Br2ClO3/c1-3-19-12-7-10(11(18)8-13(12)20-4-2)14(16)9-5-6-21-15(9)17/h5-8,14H,3-4H2,1-2H3. The molecule has 114 valence electrons. The first-order valence-electron chi connectivity index (χ1n) is 6.54. The second-order valence-corrected chi connectivity index (χ2v) is 6.24. The minimum absolute atomic E-state index is 0.104. The number of ether oxygens (including phenoxy) is 2. The van der Waals surface area contributed by atoms with Crippen molar-refractivity contribution in [3.05, 3.63) is 45.3 Å². The van der Waals surface area contributed by atoms with Crippen LogP contribution in [0.5, 0.6) is 11.5 Å². The van der Waals surface area contributed by atoms with Crippen LogP contribution in [0.1, 0.15) is 29.8 Å². The lowest BCUT2D eigenvalue weighted by atomic mass is 10.1. The van der Waals surface area contributed by atoms with E-state index in [0.29, 0.717) is 34.4 Å². The molecule has 0 saturated carbocycles. The van der Waals surface area contributed by atoms with E-state index in [1.807, 2.05) is 26.0 Å². The average molecular weight is 439 g/mol. The van der Waals surface area contributed by atoms with Crippen LogP contribution in [0.3, 0.4) is 0 Å². The normalized spacial score (nSPS) is 12.2. The van der Waals surface area contributed by atoms with E-state index < -0.39 is 0 Å². The third kappa shape index (κ3) is 3.76. The highest BCUT2D eigenvalue weighted by Crippen LogP contribution is 2.43. The first-order valence-corrected chi connectivity index (χ1v) is 8.63. The molecular weight excluding hydrogens is 423 g/mol. The number of furan rings is 1. The molecular formula is C15H15Br2ClO3. The van der Waals surface area contributed by atoms with Crippen molar-refractivity contribution >= 4 is 43.5 Å². The van der Waals surface area contributed by atoms with Crippen LogP contribution in [0.4, 0.5) is 0 Å². The molecule has 1 unspecified atom stereocenters. The Morgan fingerprint density at radius 1 is 1.14 bits per heavy atom. The zero-order valence-corrected chi connectivity index (χ0v) is 15.6. The van der Waals surface area contributed by atoms with Gasteiger partial charge in [0.2, 0.25) is 0 Å². The summed E-state index contributed by atoms with van der Waals surface area (Å²) in [6.07, 6.45) is 1.62. The van der Waals surface area contributed by atoms with Gasteiger partial charge in [-0.2, -0.15) is 0 Å². The summed E-state index contributed by atoms with van der Waals surface area (Å²) >= 11 is 13.4. The molecule has 1 aromatic heterocycles. The quantitative estimate of drug-likeness (QED) is 0.520. The van der Waals surface area contributed by atoms with E-state index in [-0.39, 0.29) is 4.83 Å². The third-order valence-electron chi connectivity index (χ3n) is 2.85. The van der Waals surface area contributed by atoms with Crippen molar-refractivity contribution in [3.8, 4) is 11.5 Å². The molecule has 0 N–H and O–H groups in total. The molecule has 0 aliphatic heterocycles. The summed E-state index contributed by atoms with van der Waals surface area (Å²) < 4.78 is 17.2. The number of rotatable bonds is 6. The van der Waals surface area contributed by atoms with E-state index in [9.17, 15) is 0 Å². The lowest BCUT2D eigenvalue weighted by molar-refractivity contribution is 0.287. The second-order valence-electron chi connectivity index (χ2n) is 4.20. The highest BCUT2D eigenvalue weighted by atomic mass is 79.9. The van der Waals surface area contributed by atoms with Gasteiger partial charge in [0.25, 0.3) is 0 Å². The molecule has 0 fully saturated rings. The monoisotopic (exact) mass is 436 g/mol. The maximum atomic E-state index is 6.39. The van der Waals surface area contributed by atoms with Crippen LogP contribution in [0, 0.1) is 0 Å². The SMILES string of the molecule is CCOc1cc(Cl)c(C(Br)c2ccoc2Br)cc1OCC. The average Bonchev–Trinajstić information content (AvgIpc) is 2.87. The lowest BCUT2D eigenvalue weighted by Crippen LogP contribution is -2.01. The lowest BCUT2D eigenvalue weighted by Gasteiger charge is -2.16. The van der Waals surface area contributed by atoms with Gasteiger partial charge in [-0.1, -0.05) is 27.5 Å². The summed E-state index contributed by atoms with van der Waals surface area (Å²) in [6.45, 7) is 4.97. The van der Waals surface area contributed by atoms with Crippen molar-refractivity contribution in [2.24, 2.45) is 0 Å². The van der Waals surface area contributed by atoms with Crippen molar-refractivity contribution in [2.45, 2.75) is 18.7 Å². The van der Waals surface area contributed by atoms with Crippen LogP contribution in [0.15, 0.2) is 33.5 Å². The Labute approximate surface area is 145 Å². The van der Waals surface area contributed by atoms with Crippen LogP contribution in [-0.2, 0) is 0 Å². The molecule has 3 nitrogen and oxygen atoms in total. The number of halogens is 3. The van der Waals surface area contributed by atoms with Gasteiger partial charge >= 0.3 is 0 Å². The fourth-order valence-corrected chi connectivity index (χ4v) is 3.84. The molecule has 0 spiro atoms. The maximum absolute atomic E-state index is 6.39. The van der Waals surface area contributed by atoms with Crippen LogP contribution in [0.25, 0.3) is 0 Å². The Morgan fingerprint density at radius 3 is 2.29 bits per heavy atom. The van der Waals surface area contributed by atoms with Crippen molar-refractivity contribution < 1.29 is 13.9 Å². The van der Waals surface area contributed by atoms with Crippen molar-refractivity contribution in [3.63, 3.8) is 0 Å². The Hall–Kier alpha value is -0.650. The van der Waals surface area contributed by atoms with Gasteiger partial charge < -0.3 is 13.9 Å². The minimum Gasteiger partial charge on any atom is -0.490 e. The molecule has 2 rings (SSSR count). The number of alkyl halides is 1. The van der Waals surface area contributed by atoms with E-state index in [4.69, 9.17) is 25.5 Å². The topological polar surface area (TPSA) is 31.6 Å². The predicted octanol–water partition coefficient (Wildman–Crippen LogP) is 5.98. The Balaban J connectivity index is 2.44. The fraction of sp³-hybridized carbons (Fsp3) is 0.333. The van der Waals surface area contributed by atoms with Crippen LogP contribution in [-0.4, -0.2) is 13.2 Å². The van der Waals surface area contributed by atoms with Gasteiger partial charge in [0.05, 0.1) is 24.3 Å². The predicted molar refractivity (Wildman–Crippen MR) is 91.0 cm³/mol.